The van der Waals surface area contributed by atoms with E-state index in [0.29, 0.717) is 0 Å². The number of rotatable bonds is 2. The van der Waals surface area contributed by atoms with Crippen molar-refractivity contribution < 1.29 is 4.79 Å². The highest BCUT2D eigenvalue weighted by Gasteiger charge is 2.23. The number of anilines is 1. The molecule has 0 spiro atoms. The monoisotopic (exact) mass is 339 g/mol. The van der Waals surface area contributed by atoms with Gasteiger partial charge in [0.05, 0.1) is 17.9 Å². The summed E-state index contributed by atoms with van der Waals surface area (Å²) in [6.07, 6.45) is 4.16. The largest absolute Gasteiger partial charge is 0.323 e. The van der Waals surface area contributed by atoms with E-state index in [0.717, 1.165) is 24.2 Å². The van der Waals surface area contributed by atoms with E-state index < -0.39 is 0 Å². The van der Waals surface area contributed by atoms with Crippen LogP contribution in [-0.2, 0) is 17.8 Å². The zero-order chi connectivity index (χ0) is 13.9. The number of aromatic nitrogens is 1. The van der Waals surface area contributed by atoms with Crippen LogP contribution in [0.15, 0.2) is 42.7 Å². The van der Waals surface area contributed by atoms with Gasteiger partial charge in [-0.15, -0.1) is 24.8 Å². The molecule has 0 aliphatic carbocycles. The molecule has 2 aromatic rings. The van der Waals surface area contributed by atoms with E-state index in [4.69, 9.17) is 0 Å². The number of carbonyl (C=O) groups excluding carboxylic acids is 1. The van der Waals surface area contributed by atoms with Crippen molar-refractivity contribution in [2.24, 2.45) is 0 Å². The molecule has 118 valence electrons. The fourth-order valence-corrected chi connectivity index (χ4v) is 2.49. The molecule has 3 rings (SSSR count). The van der Waals surface area contributed by atoms with Crippen molar-refractivity contribution >= 4 is 36.4 Å². The second-order valence-corrected chi connectivity index (χ2v) is 5.15. The number of hydrogen-bond donors (Lipinski definition) is 2. The van der Waals surface area contributed by atoms with Crippen molar-refractivity contribution in [3.8, 4) is 0 Å². The molecule has 22 heavy (non-hydrogen) atoms. The molecule has 1 aromatic heterocycles. The van der Waals surface area contributed by atoms with Gasteiger partial charge in [-0.05, 0) is 36.1 Å². The minimum atomic E-state index is -0.189. The first kappa shape index (κ1) is 18.4. The summed E-state index contributed by atoms with van der Waals surface area (Å²) < 4.78 is 0. The van der Waals surface area contributed by atoms with Crippen LogP contribution in [0.4, 0.5) is 5.69 Å². The molecular weight excluding hydrogens is 321 g/mol. The van der Waals surface area contributed by atoms with E-state index in [1.165, 1.54) is 11.1 Å². The molecule has 2 heterocycles. The summed E-state index contributed by atoms with van der Waals surface area (Å²) in [5, 5.41) is 6.20. The van der Waals surface area contributed by atoms with Crippen molar-refractivity contribution in [1.82, 2.24) is 10.3 Å². The van der Waals surface area contributed by atoms with Gasteiger partial charge < -0.3 is 10.6 Å². The first-order chi connectivity index (χ1) is 9.72. The summed E-state index contributed by atoms with van der Waals surface area (Å²) in [6, 6.07) is 9.96. The van der Waals surface area contributed by atoms with Crippen LogP contribution in [0.5, 0.6) is 0 Å². The number of benzene rings is 1. The third kappa shape index (κ3) is 4.19. The Labute approximate surface area is 142 Å². The highest BCUT2D eigenvalue weighted by atomic mass is 35.5. The third-order valence-electron chi connectivity index (χ3n) is 3.54. The molecule has 0 radical (unpaired) electrons. The number of hydrogen-bond acceptors (Lipinski definition) is 3. The van der Waals surface area contributed by atoms with E-state index >= 15 is 0 Å². The number of amides is 1. The Hall–Kier alpha value is -1.62. The van der Waals surface area contributed by atoms with Gasteiger partial charge >= 0.3 is 0 Å². The Morgan fingerprint density at radius 2 is 1.95 bits per heavy atom. The highest BCUT2D eigenvalue weighted by molar-refractivity contribution is 5.95. The molecule has 4 nitrogen and oxygen atoms in total. The van der Waals surface area contributed by atoms with Crippen LogP contribution in [0.1, 0.15) is 16.7 Å². The first-order valence-corrected chi connectivity index (χ1v) is 6.75. The van der Waals surface area contributed by atoms with Gasteiger partial charge in [-0.2, -0.15) is 0 Å². The molecule has 1 aliphatic rings. The fourth-order valence-electron chi connectivity index (χ4n) is 2.49. The summed E-state index contributed by atoms with van der Waals surface area (Å²) in [6.45, 7) is 2.69. The Morgan fingerprint density at radius 1 is 1.23 bits per heavy atom. The van der Waals surface area contributed by atoms with E-state index in [-0.39, 0.29) is 36.8 Å². The maximum Gasteiger partial charge on any atom is 0.241 e. The molecule has 0 saturated carbocycles. The lowest BCUT2D eigenvalue weighted by molar-refractivity contribution is -0.118. The second kappa shape index (κ2) is 8.13. The normalized spacial score (nSPS) is 15.8. The molecule has 1 aromatic carbocycles. The van der Waals surface area contributed by atoms with Gasteiger partial charge in [0, 0.05) is 12.7 Å². The zero-order valence-corrected chi connectivity index (χ0v) is 13.8. The van der Waals surface area contributed by atoms with Gasteiger partial charge in [0.15, 0.2) is 0 Å². The lowest BCUT2D eigenvalue weighted by Crippen LogP contribution is -2.44. The number of nitrogens with one attached hydrogen (secondary N) is 2. The van der Waals surface area contributed by atoms with Crippen LogP contribution < -0.4 is 10.6 Å². The summed E-state index contributed by atoms with van der Waals surface area (Å²) in [5.41, 5.74) is 4.29. The topological polar surface area (TPSA) is 54.0 Å². The smallest absolute Gasteiger partial charge is 0.241 e. The number of carbonyl (C=O) groups is 1. The van der Waals surface area contributed by atoms with Gasteiger partial charge in [0.2, 0.25) is 5.91 Å². The van der Waals surface area contributed by atoms with Crippen LogP contribution in [-0.4, -0.2) is 16.9 Å². The van der Waals surface area contributed by atoms with Gasteiger partial charge in [-0.3, -0.25) is 9.78 Å². The SMILES string of the molecule is Cc1cncc(NC(=O)C2Cc3ccccc3CN2)c1.Cl.Cl. The third-order valence-corrected chi connectivity index (χ3v) is 3.54. The van der Waals surface area contributed by atoms with Crippen molar-refractivity contribution in [2.45, 2.75) is 25.9 Å². The van der Waals surface area contributed by atoms with E-state index in [2.05, 4.69) is 27.8 Å². The summed E-state index contributed by atoms with van der Waals surface area (Å²) >= 11 is 0. The lowest BCUT2D eigenvalue weighted by atomic mass is 9.95. The maximum absolute atomic E-state index is 12.3. The highest BCUT2D eigenvalue weighted by Crippen LogP contribution is 2.17. The van der Waals surface area contributed by atoms with E-state index in [1.54, 1.807) is 12.4 Å². The Morgan fingerprint density at radius 3 is 2.68 bits per heavy atom. The van der Waals surface area contributed by atoms with Crippen LogP contribution in [0.25, 0.3) is 0 Å². The molecule has 0 fully saturated rings. The number of fused-ring (bicyclic) bond motifs is 1. The molecule has 2 N–H and O–H groups in total. The van der Waals surface area contributed by atoms with E-state index in [1.807, 2.05) is 25.1 Å². The fraction of sp³-hybridized carbons (Fsp3) is 0.250. The maximum atomic E-state index is 12.3. The average Bonchev–Trinajstić information content (AvgIpc) is 2.47. The van der Waals surface area contributed by atoms with Crippen LogP contribution in [0, 0.1) is 6.92 Å². The Kier molecular flexibility index (Phi) is 6.81. The van der Waals surface area contributed by atoms with Crippen molar-refractivity contribution in [3.05, 3.63) is 59.4 Å². The molecule has 1 unspecified atom stereocenters. The molecule has 0 saturated heterocycles. The number of aryl methyl sites for hydroxylation is 1. The summed E-state index contributed by atoms with van der Waals surface area (Å²) in [5.74, 6) is -0.00750. The Balaban J connectivity index is 0.00000121. The number of halogens is 2. The van der Waals surface area contributed by atoms with Gasteiger partial charge in [0.1, 0.15) is 0 Å². The lowest BCUT2D eigenvalue weighted by Gasteiger charge is -2.25. The van der Waals surface area contributed by atoms with Gasteiger partial charge in [0.25, 0.3) is 0 Å². The first-order valence-electron chi connectivity index (χ1n) is 6.75. The summed E-state index contributed by atoms with van der Waals surface area (Å²) in [7, 11) is 0. The molecule has 1 atom stereocenters. The van der Waals surface area contributed by atoms with Crippen molar-refractivity contribution in [3.63, 3.8) is 0 Å². The molecule has 0 bridgehead atoms. The van der Waals surface area contributed by atoms with Crippen molar-refractivity contribution in [2.75, 3.05) is 5.32 Å². The van der Waals surface area contributed by atoms with Crippen molar-refractivity contribution in [1.29, 1.82) is 0 Å². The predicted molar refractivity (Wildman–Crippen MR) is 92.9 cm³/mol. The summed E-state index contributed by atoms with van der Waals surface area (Å²) in [4.78, 5) is 16.4. The van der Waals surface area contributed by atoms with Crippen LogP contribution in [0.3, 0.4) is 0 Å². The second-order valence-electron chi connectivity index (χ2n) is 5.15. The zero-order valence-electron chi connectivity index (χ0n) is 12.2. The molecule has 1 aliphatic heterocycles. The van der Waals surface area contributed by atoms with E-state index in [9.17, 15) is 4.79 Å². The number of pyridine rings is 1. The average molecular weight is 340 g/mol. The molecule has 1 amide bonds. The minimum absolute atomic E-state index is 0. The quantitative estimate of drug-likeness (QED) is 0.884. The van der Waals surface area contributed by atoms with Gasteiger partial charge in [-0.1, -0.05) is 24.3 Å². The van der Waals surface area contributed by atoms with Crippen LogP contribution >= 0.6 is 24.8 Å². The minimum Gasteiger partial charge on any atom is -0.323 e. The molecule has 6 heteroatoms. The van der Waals surface area contributed by atoms with Gasteiger partial charge in [-0.25, -0.2) is 0 Å². The standard InChI is InChI=1S/C16H17N3O.2ClH/c1-11-6-14(10-17-8-11)19-16(20)15-7-12-4-2-3-5-13(12)9-18-15;;/h2-6,8,10,15,18H,7,9H2,1H3,(H,19,20);2*1H. The predicted octanol–water partition coefficient (Wildman–Crippen LogP) is 2.89. The number of nitrogens with zero attached hydrogens (tertiary/aromatic N) is 1. The Bertz CT molecular complexity index is 649. The van der Waals surface area contributed by atoms with Crippen LogP contribution in [0.2, 0.25) is 0 Å². The molecular formula is C16H19Cl2N3O.